The third-order valence-corrected chi connectivity index (χ3v) is 3.04. The van der Waals surface area contributed by atoms with Crippen molar-refractivity contribution in [2.45, 2.75) is 0 Å². The molecular formula is C17H13N3O3. The number of hydrogen-bond donors (Lipinski definition) is 2. The number of amides is 1. The van der Waals surface area contributed by atoms with Crippen molar-refractivity contribution < 1.29 is 14.3 Å². The monoisotopic (exact) mass is 307 g/mol. The van der Waals surface area contributed by atoms with E-state index in [4.69, 9.17) is 4.42 Å². The lowest BCUT2D eigenvalue weighted by Gasteiger charge is -1.97. The Hall–Kier alpha value is -3.41. The van der Waals surface area contributed by atoms with Crippen LogP contribution in [0.1, 0.15) is 16.1 Å². The Bertz CT molecular complexity index is 827. The van der Waals surface area contributed by atoms with E-state index in [0.717, 1.165) is 5.56 Å². The predicted octanol–water partition coefficient (Wildman–Crippen LogP) is 2.81. The number of carbonyl (C=O) groups excluding carboxylic acids is 1. The summed E-state index contributed by atoms with van der Waals surface area (Å²) >= 11 is 0. The maximum Gasteiger partial charge on any atom is 0.312 e. The van der Waals surface area contributed by atoms with Crippen molar-refractivity contribution in [2.75, 3.05) is 0 Å². The third kappa shape index (κ3) is 3.44. The highest BCUT2D eigenvalue weighted by Crippen LogP contribution is 2.24. The van der Waals surface area contributed by atoms with Gasteiger partial charge < -0.3 is 9.52 Å². The van der Waals surface area contributed by atoms with E-state index in [1.165, 1.54) is 6.21 Å². The molecule has 3 rings (SSSR count). The number of benzene rings is 2. The SMILES string of the molecule is O=C(N/N=C/c1nc(-c2ccccc2)oc1O)c1ccccc1. The van der Waals surface area contributed by atoms with Crippen molar-refractivity contribution >= 4 is 12.1 Å². The van der Waals surface area contributed by atoms with Crippen LogP contribution in [-0.4, -0.2) is 22.2 Å². The third-order valence-electron chi connectivity index (χ3n) is 3.04. The van der Waals surface area contributed by atoms with Crippen LogP contribution in [0.5, 0.6) is 5.95 Å². The van der Waals surface area contributed by atoms with Gasteiger partial charge in [-0.3, -0.25) is 4.79 Å². The van der Waals surface area contributed by atoms with Gasteiger partial charge in [0.05, 0.1) is 6.21 Å². The highest BCUT2D eigenvalue weighted by atomic mass is 16.5. The number of aromatic nitrogens is 1. The fraction of sp³-hybridized carbons (Fsp3) is 0. The van der Waals surface area contributed by atoms with Crippen molar-refractivity contribution in [1.29, 1.82) is 0 Å². The van der Waals surface area contributed by atoms with E-state index in [-0.39, 0.29) is 23.4 Å². The van der Waals surface area contributed by atoms with E-state index in [0.29, 0.717) is 5.56 Å². The molecule has 1 aromatic heterocycles. The molecule has 6 heteroatoms. The molecule has 3 aromatic rings. The van der Waals surface area contributed by atoms with E-state index in [1.54, 1.807) is 24.3 Å². The van der Waals surface area contributed by atoms with Crippen LogP contribution in [-0.2, 0) is 0 Å². The summed E-state index contributed by atoms with van der Waals surface area (Å²) in [7, 11) is 0. The zero-order valence-corrected chi connectivity index (χ0v) is 12.0. The topological polar surface area (TPSA) is 87.7 Å². The van der Waals surface area contributed by atoms with Gasteiger partial charge in [0, 0.05) is 11.1 Å². The molecule has 6 nitrogen and oxygen atoms in total. The Labute approximate surface area is 132 Å². The van der Waals surface area contributed by atoms with Crippen LogP contribution < -0.4 is 5.43 Å². The normalized spacial score (nSPS) is 10.8. The van der Waals surface area contributed by atoms with Crippen molar-refractivity contribution in [3.63, 3.8) is 0 Å². The minimum absolute atomic E-state index is 0.136. The fourth-order valence-corrected chi connectivity index (χ4v) is 1.92. The summed E-state index contributed by atoms with van der Waals surface area (Å²) in [5.41, 5.74) is 3.72. The minimum atomic E-state index is -0.360. The van der Waals surface area contributed by atoms with Crippen LogP contribution in [0.4, 0.5) is 0 Å². The number of carbonyl (C=O) groups is 1. The van der Waals surface area contributed by atoms with Crippen LogP contribution in [0, 0.1) is 0 Å². The van der Waals surface area contributed by atoms with E-state index in [2.05, 4.69) is 15.5 Å². The molecule has 0 saturated carbocycles. The lowest BCUT2D eigenvalue weighted by atomic mass is 10.2. The standard InChI is InChI=1S/C17H13N3O3/c21-15(12-7-3-1-4-8-12)20-18-11-14-17(22)23-16(19-14)13-9-5-2-6-10-13/h1-11,22H,(H,20,21)/b18-11+. The molecule has 1 amide bonds. The first-order valence-corrected chi connectivity index (χ1v) is 6.88. The Morgan fingerprint density at radius 3 is 2.43 bits per heavy atom. The fourth-order valence-electron chi connectivity index (χ4n) is 1.92. The predicted molar refractivity (Wildman–Crippen MR) is 85.1 cm³/mol. The summed E-state index contributed by atoms with van der Waals surface area (Å²) in [6.45, 7) is 0. The number of hydrazone groups is 1. The Morgan fingerprint density at radius 1 is 1.09 bits per heavy atom. The first kappa shape index (κ1) is 14.5. The van der Waals surface area contributed by atoms with Crippen LogP contribution in [0.2, 0.25) is 0 Å². The van der Waals surface area contributed by atoms with E-state index < -0.39 is 0 Å². The smallest absolute Gasteiger partial charge is 0.312 e. The quantitative estimate of drug-likeness (QED) is 0.573. The number of rotatable bonds is 4. The highest BCUT2D eigenvalue weighted by Gasteiger charge is 2.12. The molecule has 0 spiro atoms. The van der Waals surface area contributed by atoms with Gasteiger partial charge in [-0.1, -0.05) is 36.4 Å². The van der Waals surface area contributed by atoms with Gasteiger partial charge in [0.2, 0.25) is 5.89 Å². The van der Waals surface area contributed by atoms with Gasteiger partial charge >= 0.3 is 5.95 Å². The Morgan fingerprint density at radius 2 is 1.74 bits per heavy atom. The Balaban J connectivity index is 1.71. The van der Waals surface area contributed by atoms with Crippen LogP contribution in [0.25, 0.3) is 11.5 Å². The summed E-state index contributed by atoms with van der Waals surface area (Å²) in [4.78, 5) is 15.9. The zero-order valence-electron chi connectivity index (χ0n) is 12.0. The maximum atomic E-state index is 11.8. The van der Waals surface area contributed by atoms with Gasteiger partial charge in [-0.25, -0.2) is 10.4 Å². The van der Waals surface area contributed by atoms with Gasteiger partial charge in [-0.2, -0.15) is 5.10 Å². The molecule has 0 bridgehead atoms. The first-order chi connectivity index (χ1) is 11.2. The van der Waals surface area contributed by atoms with Crippen LogP contribution in [0.15, 0.2) is 70.2 Å². The van der Waals surface area contributed by atoms with Gasteiger partial charge in [0.1, 0.15) is 0 Å². The van der Waals surface area contributed by atoms with Crippen molar-refractivity contribution in [3.8, 4) is 17.4 Å². The number of nitrogens with one attached hydrogen (secondary N) is 1. The molecule has 0 aliphatic heterocycles. The number of oxazole rings is 1. The molecule has 1 heterocycles. The molecule has 0 radical (unpaired) electrons. The van der Waals surface area contributed by atoms with Crippen LogP contribution >= 0.6 is 0 Å². The van der Waals surface area contributed by atoms with Crippen molar-refractivity contribution in [1.82, 2.24) is 10.4 Å². The van der Waals surface area contributed by atoms with Crippen molar-refractivity contribution in [2.24, 2.45) is 5.10 Å². The average molecular weight is 307 g/mol. The zero-order chi connectivity index (χ0) is 16.1. The molecule has 0 aliphatic carbocycles. The van der Waals surface area contributed by atoms with Crippen molar-refractivity contribution in [3.05, 3.63) is 71.9 Å². The minimum Gasteiger partial charge on any atom is -0.479 e. The number of hydrogen-bond acceptors (Lipinski definition) is 5. The summed E-state index contributed by atoms with van der Waals surface area (Å²) in [5.74, 6) is -0.436. The lowest BCUT2D eigenvalue weighted by molar-refractivity contribution is 0.0955. The largest absolute Gasteiger partial charge is 0.479 e. The second-order valence-electron chi connectivity index (χ2n) is 4.64. The van der Waals surface area contributed by atoms with Gasteiger partial charge in [0.15, 0.2) is 5.69 Å². The molecule has 0 fully saturated rings. The molecule has 2 N–H and O–H groups in total. The van der Waals surface area contributed by atoms with Gasteiger partial charge in [0.25, 0.3) is 5.91 Å². The molecule has 0 atom stereocenters. The Kier molecular flexibility index (Phi) is 4.15. The van der Waals surface area contributed by atoms with E-state index >= 15 is 0 Å². The summed E-state index contributed by atoms with van der Waals surface area (Å²) in [6.07, 6.45) is 1.23. The summed E-state index contributed by atoms with van der Waals surface area (Å²) in [6, 6.07) is 17.8. The summed E-state index contributed by atoms with van der Waals surface area (Å²) in [5, 5.41) is 13.5. The molecule has 0 saturated heterocycles. The molecule has 114 valence electrons. The second kappa shape index (κ2) is 6.57. The molecular weight excluding hydrogens is 294 g/mol. The number of nitrogens with zero attached hydrogens (tertiary/aromatic N) is 2. The van der Waals surface area contributed by atoms with Gasteiger partial charge in [-0.05, 0) is 24.3 Å². The number of aromatic hydroxyl groups is 1. The molecule has 0 unspecified atom stereocenters. The average Bonchev–Trinajstić information content (AvgIpc) is 2.97. The summed E-state index contributed by atoms with van der Waals surface area (Å²) < 4.78 is 5.18. The molecule has 2 aromatic carbocycles. The molecule has 0 aliphatic rings. The second-order valence-corrected chi connectivity index (χ2v) is 4.64. The van der Waals surface area contributed by atoms with Crippen LogP contribution in [0.3, 0.4) is 0 Å². The first-order valence-electron chi connectivity index (χ1n) is 6.88. The van der Waals surface area contributed by atoms with E-state index in [9.17, 15) is 9.90 Å². The molecule has 23 heavy (non-hydrogen) atoms. The van der Waals surface area contributed by atoms with Gasteiger partial charge in [-0.15, -0.1) is 0 Å². The lowest BCUT2D eigenvalue weighted by Crippen LogP contribution is -2.17. The highest BCUT2D eigenvalue weighted by molar-refractivity contribution is 5.94. The van der Waals surface area contributed by atoms with E-state index in [1.807, 2.05) is 36.4 Å². The maximum absolute atomic E-state index is 11.8.